The van der Waals surface area contributed by atoms with E-state index in [1.165, 1.54) is 22.4 Å². The second kappa shape index (κ2) is 23.5. The molecule has 356 valence electrons. The van der Waals surface area contributed by atoms with Crippen LogP contribution < -0.4 is 0 Å². The Kier molecular flexibility index (Phi) is 17.9. The summed E-state index contributed by atoms with van der Waals surface area (Å²) in [5.41, 5.74) is 12.3. The van der Waals surface area contributed by atoms with Gasteiger partial charge in [-0.1, -0.05) is 100.0 Å². The molecule has 5 aromatic rings. The van der Waals surface area contributed by atoms with Crippen LogP contribution in [0.1, 0.15) is 98.2 Å². The Hall–Kier alpha value is -5.73. The minimum absolute atomic E-state index is 0.157. The highest BCUT2D eigenvalue weighted by atomic mass is 32.2. The van der Waals surface area contributed by atoms with Gasteiger partial charge in [0.15, 0.2) is 0 Å². The van der Waals surface area contributed by atoms with Gasteiger partial charge in [-0.3, -0.25) is 14.4 Å². The number of aliphatic imine (C=N–C) groups is 1. The molecule has 12 heteroatoms. The predicted molar refractivity (Wildman–Crippen MR) is 282 cm³/mol. The smallest absolute Gasteiger partial charge is 0.343 e. The van der Waals surface area contributed by atoms with E-state index in [0.717, 1.165) is 104 Å². The highest BCUT2D eigenvalue weighted by Gasteiger charge is 2.28. The zero-order valence-corrected chi connectivity index (χ0v) is 42.2. The number of hydrogen-bond acceptors (Lipinski definition) is 8. The van der Waals surface area contributed by atoms with Crippen LogP contribution in [0.4, 0.5) is 0 Å². The molecule has 6 rings (SSSR count). The first-order valence-corrected chi connectivity index (χ1v) is 25.3. The molecule has 4 aromatic carbocycles. The van der Waals surface area contributed by atoms with Crippen LogP contribution >= 0.6 is 0 Å². The number of rotatable bonds is 20. The van der Waals surface area contributed by atoms with Crippen LogP contribution in [0.5, 0.6) is 0 Å². The zero-order valence-electron chi connectivity index (χ0n) is 41.4. The Balaban J connectivity index is 1.37. The molecule has 0 spiro atoms. The first-order chi connectivity index (χ1) is 32.6. The van der Waals surface area contributed by atoms with Crippen molar-refractivity contribution in [1.29, 1.82) is 0 Å². The number of aromatic nitrogens is 1. The number of methoxy groups -OCH3 is 1. The van der Waals surface area contributed by atoms with Gasteiger partial charge in [0.2, 0.25) is 0 Å². The largest absolute Gasteiger partial charge is 0.460 e. The minimum atomic E-state index is -4.00. The fraction of sp³-hybridized carbons (Fsp3) is 0.393. The standard InChI is InChI=1S/C56H66BN3O7S/c1-11-15-39(5)58-54(38(3)4)53(55-40(6)47(12-2)41(7)60(55)57(8)30-13-31-59(9)32-14-37-68(62,63)64)46-20-17-42(18-21-46)16-19-43-22-23-44-25-28-49-50(56(61)67-36-35-66-34-33-65-10)29-26-45-24-27-48(43)51(44)52(45)49/h17,20,22-29H,3,11-12,14-15,18,21,31-37H2,1-2,4-10H3,(H,62,63,64)/b54-53-,58-39-. The fourth-order valence-corrected chi connectivity index (χ4v) is 9.79. The van der Waals surface area contributed by atoms with Crippen molar-refractivity contribution in [3.05, 3.63) is 123 Å². The van der Waals surface area contributed by atoms with E-state index in [1.54, 1.807) is 7.11 Å². The molecule has 1 aliphatic rings. The van der Waals surface area contributed by atoms with E-state index >= 15 is 0 Å². The second-order valence-electron chi connectivity index (χ2n) is 17.8. The van der Waals surface area contributed by atoms with Crippen LogP contribution in [0.3, 0.4) is 0 Å². The Labute approximate surface area is 404 Å². The molecular weight excluding hydrogens is 870 g/mol. The van der Waals surface area contributed by atoms with Crippen molar-refractivity contribution in [1.82, 2.24) is 9.38 Å². The van der Waals surface area contributed by atoms with Crippen molar-refractivity contribution >= 4 is 66.5 Å². The van der Waals surface area contributed by atoms with Crippen molar-refractivity contribution in [3.8, 4) is 23.6 Å². The molecule has 0 saturated carbocycles. The van der Waals surface area contributed by atoms with Crippen molar-refractivity contribution in [2.24, 2.45) is 4.99 Å². The number of allylic oxidation sites excluding steroid dienone is 6. The lowest BCUT2D eigenvalue weighted by atomic mass is 9.65. The Morgan fingerprint density at radius 3 is 2.29 bits per heavy atom. The molecule has 0 unspecified atom stereocenters. The summed E-state index contributed by atoms with van der Waals surface area (Å²) in [6, 6.07) is 16.3. The van der Waals surface area contributed by atoms with Crippen molar-refractivity contribution < 1.29 is 32.0 Å². The van der Waals surface area contributed by atoms with E-state index in [0.29, 0.717) is 44.9 Å². The molecule has 10 nitrogen and oxygen atoms in total. The van der Waals surface area contributed by atoms with E-state index < -0.39 is 10.1 Å². The highest BCUT2D eigenvalue weighted by molar-refractivity contribution is 7.85. The second-order valence-corrected chi connectivity index (χ2v) is 19.3. The molecule has 0 fully saturated rings. The number of carbonyl (C=O) groups excluding carboxylic acids is 1. The molecule has 1 aliphatic carbocycles. The lowest BCUT2D eigenvalue weighted by molar-refractivity contribution is 0.0215. The summed E-state index contributed by atoms with van der Waals surface area (Å²) in [4.78, 5) is 20.6. The van der Waals surface area contributed by atoms with Gasteiger partial charge in [0.05, 0.1) is 43.4 Å². The average Bonchev–Trinajstić information content (AvgIpc) is 3.55. The number of benzene rings is 4. The lowest BCUT2D eigenvalue weighted by Gasteiger charge is -2.23. The SMILES string of the molecule is C=C(C)C(/N=C(/C)CCC)=C(\C1=CC=C(C#Cc2ccc3ccc4c(C(=O)OCCOCCOC)ccc5ccc2c3c54)CC1)c1c(C)c(CC)c(C)n1B(C)C#CCN(C)CCCS(=O)(=O)O. The maximum atomic E-state index is 13.3. The van der Waals surface area contributed by atoms with Crippen molar-refractivity contribution in [2.45, 2.75) is 86.9 Å². The summed E-state index contributed by atoms with van der Waals surface area (Å²) < 4.78 is 50.2. The molecule has 68 heavy (non-hydrogen) atoms. The van der Waals surface area contributed by atoms with Crippen LogP contribution in [-0.2, 0) is 30.7 Å². The Bertz CT molecular complexity index is 3060. The lowest BCUT2D eigenvalue weighted by Crippen LogP contribution is -2.25. The number of carbonyl (C=O) groups is 1. The minimum Gasteiger partial charge on any atom is -0.460 e. The normalized spacial score (nSPS) is 13.5. The van der Waals surface area contributed by atoms with Crippen LogP contribution in [0, 0.1) is 37.4 Å². The summed E-state index contributed by atoms with van der Waals surface area (Å²) in [5, 5.41) is 6.11. The van der Waals surface area contributed by atoms with Crippen LogP contribution in [0.2, 0.25) is 6.82 Å². The highest BCUT2D eigenvalue weighted by Crippen LogP contribution is 2.41. The maximum absolute atomic E-state index is 13.3. The first kappa shape index (κ1) is 51.7. The van der Waals surface area contributed by atoms with Gasteiger partial charge in [0.1, 0.15) is 6.61 Å². The molecule has 0 aliphatic heterocycles. The quantitative estimate of drug-likeness (QED) is 0.0120. The fourth-order valence-electron chi connectivity index (χ4n) is 9.30. The molecule has 1 heterocycles. The third-order valence-electron chi connectivity index (χ3n) is 12.6. The van der Waals surface area contributed by atoms with E-state index in [2.05, 4.69) is 119 Å². The maximum Gasteiger partial charge on any atom is 0.343 e. The van der Waals surface area contributed by atoms with E-state index in [9.17, 15) is 17.8 Å². The van der Waals surface area contributed by atoms with Gasteiger partial charge in [-0.15, -0.1) is 5.82 Å². The summed E-state index contributed by atoms with van der Waals surface area (Å²) in [6.45, 7) is 21.7. The van der Waals surface area contributed by atoms with Gasteiger partial charge in [-0.25, -0.2) is 4.79 Å². The Morgan fingerprint density at radius 1 is 0.941 bits per heavy atom. The van der Waals surface area contributed by atoms with Crippen LogP contribution in [-0.4, -0.2) is 100 Å². The zero-order chi connectivity index (χ0) is 49.1. The summed E-state index contributed by atoms with van der Waals surface area (Å²) in [5.74, 6) is 13.3. The third kappa shape index (κ3) is 12.3. The molecule has 0 amide bonds. The Morgan fingerprint density at radius 2 is 1.63 bits per heavy atom. The van der Waals surface area contributed by atoms with Gasteiger partial charge in [-0.2, -0.15) is 8.42 Å². The number of esters is 1. The van der Waals surface area contributed by atoms with E-state index in [4.69, 9.17) is 19.2 Å². The predicted octanol–water partition coefficient (Wildman–Crippen LogP) is 10.9. The summed E-state index contributed by atoms with van der Waals surface area (Å²) in [6.07, 6.45) is 8.92. The van der Waals surface area contributed by atoms with Gasteiger partial charge in [0.25, 0.3) is 10.1 Å². The van der Waals surface area contributed by atoms with Gasteiger partial charge in [0, 0.05) is 40.9 Å². The monoisotopic (exact) mass is 935 g/mol. The number of nitrogens with zero attached hydrogens (tertiary/aromatic N) is 3. The third-order valence-corrected chi connectivity index (χ3v) is 13.4. The van der Waals surface area contributed by atoms with E-state index in [-0.39, 0.29) is 25.2 Å². The van der Waals surface area contributed by atoms with Gasteiger partial charge < -0.3 is 18.7 Å². The summed E-state index contributed by atoms with van der Waals surface area (Å²) >= 11 is 0. The van der Waals surface area contributed by atoms with Crippen LogP contribution in [0.15, 0.2) is 94.7 Å². The molecule has 0 atom stereocenters. The number of ether oxygens (including phenoxy) is 3. The van der Waals surface area contributed by atoms with Crippen LogP contribution in [0.25, 0.3) is 37.9 Å². The summed E-state index contributed by atoms with van der Waals surface area (Å²) in [7, 11) is -0.480. The molecule has 0 bridgehead atoms. The van der Waals surface area contributed by atoms with E-state index in [1.807, 2.05) is 37.1 Å². The molecule has 1 N–H and O–H groups in total. The van der Waals surface area contributed by atoms with Crippen molar-refractivity contribution in [2.75, 3.05) is 59.4 Å². The molecule has 1 aromatic heterocycles. The number of hydrogen-bond donors (Lipinski definition) is 1. The van der Waals surface area contributed by atoms with Crippen molar-refractivity contribution in [3.63, 3.8) is 0 Å². The first-order valence-electron chi connectivity index (χ1n) is 23.7. The van der Waals surface area contributed by atoms with Gasteiger partial charge >= 0.3 is 12.8 Å². The molecule has 0 saturated heterocycles. The molecular formula is C56H66BN3O7S. The average molecular weight is 936 g/mol. The topological polar surface area (TPSA) is 120 Å². The van der Waals surface area contributed by atoms with Gasteiger partial charge in [-0.05, 0) is 140 Å². The molecule has 0 radical (unpaired) electrons.